The van der Waals surface area contributed by atoms with E-state index in [1.165, 1.54) is 7.11 Å². The van der Waals surface area contributed by atoms with Crippen LogP contribution in [-0.2, 0) is 4.74 Å². The van der Waals surface area contributed by atoms with Gasteiger partial charge in [-0.1, -0.05) is 0 Å². The van der Waals surface area contributed by atoms with Gasteiger partial charge in [-0.25, -0.2) is 9.78 Å². The minimum absolute atomic E-state index is 0.0617. The number of nitrogens with two attached hydrogens (primary N) is 1. The van der Waals surface area contributed by atoms with Gasteiger partial charge >= 0.3 is 5.97 Å². The van der Waals surface area contributed by atoms with Crippen molar-refractivity contribution in [2.75, 3.05) is 13.7 Å². The fraction of sp³-hybridized carbons (Fsp3) is 0.333. The number of nitrogens with zero attached hydrogens (tertiary/aromatic N) is 2. The lowest BCUT2D eigenvalue weighted by Gasteiger charge is -2.11. The van der Waals surface area contributed by atoms with Gasteiger partial charge in [0.05, 0.1) is 24.5 Å². The quantitative estimate of drug-likeness (QED) is 0.769. The van der Waals surface area contributed by atoms with Crippen molar-refractivity contribution in [3.63, 3.8) is 0 Å². The molecule has 0 aliphatic heterocycles. The van der Waals surface area contributed by atoms with E-state index in [1.807, 2.05) is 6.92 Å². The summed E-state index contributed by atoms with van der Waals surface area (Å²) in [6.07, 6.45) is 2.53. The molecule has 0 radical (unpaired) electrons. The standard InChI is InChI=1S/C12H15N3O3/c1-7-5-15-6-8(12(17)18-2)3-9(10(16)4-13)11(15)14-7/h3,5-6,10,16H,4,13H2,1-2H3. The van der Waals surface area contributed by atoms with Crippen LogP contribution < -0.4 is 5.73 Å². The molecule has 0 aromatic carbocycles. The highest BCUT2D eigenvalue weighted by Gasteiger charge is 2.16. The molecule has 0 saturated carbocycles. The highest BCUT2D eigenvalue weighted by Crippen LogP contribution is 2.20. The predicted octanol–water partition coefficient (Wildman–Crippen LogP) is 0.421. The van der Waals surface area contributed by atoms with Crippen LogP contribution in [0.3, 0.4) is 0 Å². The van der Waals surface area contributed by atoms with Crippen LogP contribution in [0.5, 0.6) is 0 Å². The van der Waals surface area contributed by atoms with Crippen LogP contribution in [0.25, 0.3) is 5.65 Å². The largest absolute Gasteiger partial charge is 0.465 e. The number of aliphatic hydroxyl groups is 1. The van der Waals surface area contributed by atoms with E-state index in [9.17, 15) is 9.90 Å². The van der Waals surface area contributed by atoms with Crippen LogP contribution in [0.4, 0.5) is 0 Å². The summed E-state index contributed by atoms with van der Waals surface area (Å²) < 4.78 is 6.37. The Morgan fingerprint density at radius 3 is 2.94 bits per heavy atom. The number of aryl methyl sites for hydroxylation is 1. The van der Waals surface area contributed by atoms with Gasteiger partial charge < -0.3 is 20.0 Å². The van der Waals surface area contributed by atoms with Crippen LogP contribution in [0.15, 0.2) is 18.5 Å². The molecule has 2 aromatic rings. The maximum absolute atomic E-state index is 11.6. The molecule has 1 atom stereocenters. The zero-order valence-electron chi connectivity index (χ0n) is 10.3. The summed E-state index contributed by atoms with van der Waals surface area (Å²) in [7, 11) is 1.31. The third-order valence-corrected chi connectivity index (χ3v) is 2.70. The number of carbonyl (C=O) groups excluding carboxylic acids is 1. The number of pyridine rings is 1. The van der Waals surface area contributed by atoms with Gasteiger partial charge in [-0.2, -0.15) is 0 Å². The lowest BCUT2D eigenvalue weighted by Crippen LogP contribution is -2.14. The van der Waals surface area contributed by atoms with Gasteiger partial charge in [-0.05, 0) is 13.0 Å². The third-order valence-electron chi connectivity index (χ3n) is 2.70. The topological polar surface area (TPSA) is 89.8 Å². The molecule has 6 heteroatoms. The minimum Gasteiger partial charge on any atom is -0.465 e. The predicted molar refractivity (Wildman–Crippen MR) is 65.3 cm³/mol. The second-order valence-electron chi connectivity index (χ2n) is 4.04. The van der Waals surface area contributed by atoms with Crippen molar-refractivity contribution in [1.29, 1.82) is 0 Å². The van der Waals surface area contributed by atoms with Crippen LogP contribution >= 0.6 is 0 Å². The van der Waals surface area contributed by atoms with E-state index in [0.717, 1.165) is 5.69 Å². The molecule has 96 valence electrons. The fourth-order valence-corrected chi connectivity index (χ4v) is 1.85. The molecule has 0 spiro atoms. The molecule has 1 unspecified atom stereocenters. The lowest BCUT2D eigenvalue weighted by atomic mass is 10.1. The van der Waals surface area contributed by atoms with Crippen molar-refractivity contribution in [1.82, 2.24) is 9.38 Å². The average Bonchev–Trinajstić information content (AvgIpc) is 2.75. The number of methoxy groups -OCH3 is 1. The molecule has 0 fully saturated rings. The summed E-state index contributed by atoms with van der Waals surface area (Å²) in [6, 6.07) is 1.56. The number of ether oxygens (including phenoxy) is 1. The van der Waals surface area contributed by atoms with Gasteiger partial charge in [0.2, 0.25) is 0 Å². The normalized spacial score (nSPS) is 12.7. The van der Waals surface area contributed by atoms with E-state index in [2.05, 4.69) is 9.72 Å². The molecule has 0 aliphatic rings. The average molecular weight is 249 g/mol. The molecule has 0 aliphatic carbocycles. The molecular formula is C12H15N3O3. The molecule has 0 bridgehead atoms. The fourth-order valence-electron chi connectivity index (χ4n) is 1.85. The molecule has 3 N–H and O–H groups in total. The van der Waals surface area contributed by atoms with Crippen LogP contribution in [0.1, 0.15) is 27.7 Å². The number of aliphatic hydroxyl groups excluding tert-OH is 1. The Bertz CT molecular complexity index is 592. The lowest BCUT2D eigenvalue weighted by molar-refractivity contribution is 0.0600. The van der Waals surface area contributed by atoms with E-state index in [0.29, 0.717) is 16.8 Å². The number of carbonyl (C=O) groups is 1. The molecule has 6 nitrogen and oxygen atoms in total. The summed E-state index contributed by atoms with van der Waals surface area (Å²) in [5.74, 6) is -0.464. The number of esters is 1. The molecular weight excluding hydrogens is 234 g/mol. The van der Waals surface area contributed by atoms with Gasteiger partial charge in [0.15, 0.2) is 0 Å². The Balaban J connectivity index is 2.67. The summed E-state index contributed by atoms with van der Waals surface area (Å²) in [5, 5.41) is 9.89. The summed E-state index contributed by atoms with van der Waals surface area (Å²) >= 11 is 0. The summed E-state index contributed by atoms with van der Waals surface area (Å²) in [6.45, 7) is 1.90. The Labute approximate surface area is 104 Å². The Morgan fingerprint density at radius 1 is 1.61 bits per heavy atom. The number of hydrogen-bond acceptors (Lipinski definition) is 5. The smallest absolute Gasteiger partial charge is 0.339 e. The minimum atomic E-state index is -0.862. The number of rotatable bonds is 3. The highest BCUT2D eigenvalue weighted by molar-refractivity contribution is 5.89. The van der Waals surface area contributed by atoms with Crippen molar-refractivity contribution in [2.24, 2.45) is 5.73 Å². The van der Waals surface area contributed by atoms with E-state index >= 15 is 0 Å². The van der Waals surface area contributed by atoms with E-state index in [4.69, 9.17) is 5.73 Å². The van der Waals surface area contributed by atoms with E-state index < -0.39 is 12.1 Å². The first kappa shape index (κ1) is 12.5. The molecule has 0 saturated heterocycles. The maximum Gasteiger partial charge on any atom is 0.339 e. The van der Waals surface area contributed by atoms with Crippen molar-refractivity contribution in [3.05, 3.63) is 35.3 Å². The van der Waals surface area contributed by atoms with Crippen molar-refractivity contribution in [3.8, 4) is 0 Å². The van der Waals surface area contributed by atoms with Crippen molar-refractivity contribution >= 4 is 11.6 Å². The second-order valence-corrected chi connectivity index (χ2v) is 4.04. The van der Waals surface area contributed by atoms with E-state index in [1.54, 1.807) is 22.9 Å². The monoisotopic (exact) mass is 249 g/mol. The van der Waals surface area contributed by atoms with Crippen LogP contribution in [-0.4, -0.2) is 34.1 Å². The zero-order valence-corrected chi connectivity index (χ0v) is 10.3. The number of aromatic nitrogens is 2. The second kappa shape index (κ2) is 4.75. The van der Waals surface area contributed by atoms with Crippen molar-refractivity contribution in [2.45, 2.75) is 13.0 Å². The molecule has 2 aromatic heterocycles. The highest BCUT2D eigenvalue weighted by atomic mass is 16.5. The van der Waals surface area contributed by atoms with Gasteiger partial charge in [0.1, 0.15) is 5.65 Å². The first-order valence-electron chi connectivity index (χ1n) is 5.52. The summed E-state index contributed by atoms with van der Waals surface area (Å²) in [4.78, 5) is 15.9. The Kier molecular flexibility index (Phi) is 3.31. The number of hydrogen-bond donors (Lipinski definition) is 2. The van der Waals surface area contributed by atoms with Gasteiger partial charge in [-0.3, -0.25) is 0 Å². The van der Waals surface area contributed by atoms with Crippen LogP contribution in [0.2, 0.25) is 0 Å². The zero-order chi connectivity index (χ0) is 13.3. The number of fused-ring (bicyclic) bond motifs is 1. The van der Waals surface area contributed by atoms with E-state index in [-0.39, 0.29) is 6.54 Å². The summed E-state index contributed by atoms with van der Waals surface area (Å²) in [5.41, 5.74) is 7.72. The number of imidazole rings is 1. The molecule has 2 rings (SSSR count). The third kappa shape index (κ3) is 2.07. The Morgan fingerprint density at radius 2 is 2.33 bits per heavy atom. The Hall–Kier alpha value is -1.92. The van der Waals surface area contributed by atoms with Gasteiger partial charge in [0, 0.05) is 24.5 Å². The van der Waals surface area contributed by atoms with Gasteiger partial charge in [-0.15, -0.1) is 0 Å². The molecule has 2 heterocycles. The van der Waals surface area contributed by atoms with Gasteiger partial charge in [0.25, 0.3) is 0 Å². The first-order valence-corrected chi connectivity index (χ1v) is 5.52. The van der Waals surface area contributed by atoms with Crippen LogP contribution in [0, 0.1) is 6.92 Å². The van der Waals surface area contributed by atoms with Crippen molar-refractivity contribution < 1.29 is 14.6 Å². The molecule has 0 amide bonds. The first-order chi connectivity index (χ1) is 8.56. The SMILES string of the molecule is COC(=O)c1cc(C(O)CN)c2nc(C)cn2c1. The molecule has 18 heavy (non-hydrogen) atoms. The maximum atomic E-state index is 11.6.